The Balaban J connectivity index is 1.93. The summed E-state index contributed by atoms with van der Waals surface area (Å²) in [4.78, 5) is 0. The van der Waals surface area contributed by atoms with Crippen LogP contribution in [-0.4, -0.2) is 33.9 Å². The zero-order chi connectivity index (χ0) is 12.5. The fourth-order valence-electron chi connectivity index (χ4n) is 1.60. The molecule has 0 aliphatic heterocycles. The number of hydrogen-bond donors (Lipinski definition) is 4. The molecule has 0 spiro atoms. The molecule has 2 aliphatic carbocycles. The van der Waals surface area contributed by atoms with E-state index >= 15 is 0 Å². The topological polar surface area (TPSA) is 102 Å². The zero-order valence-electron chi connectivity index (χ0n) is 9.23. The summed E-state index contributed by atoms with van der Waals surface area (Å²) in [6.45, 7) is 0. The van der Waals surface area contributed by atoms with Gasteiger partial charge in [-0.2, -0.15) is 0 Å². The number of nitrogens with two attached hydrogens (primary N) is 2. The van der Waals surface area contributed by atoms with Gasteiger partial charge in [-0.25, -0.2) is 0 Å². The van der Waals surface area contributed by atoms with Gasteiger partial charge in [-0.3, -0.25) is 11.5 Å². The third-order valence-corrected chi connectivity index (χ3v) is 2.53. The second-order valence-corrected chi connectivity index (χ2v) is 4.28. The summed E-state index contributed by atoms with van der Waals surface area (Å²) in [5, 5.41) is 18.9. The van der Waals surface area contributed by atoms with Crippen LogP contribution in [0.25, 0.3) is 0 Å². The molecule has 0 saturated heterocycles. The van der Waals surface area contributed by atoms with Crippen LogP contribution in [0.1, 0.15) is 0 Å². The van der Waals surface area contributed by atoms with E-state index in [4.69, 9.17) is 16.2 Å². The summed E-state index contributed by atoms with van der Waals surface area (Å²) in [7, 11) is 0. The molecule has 0 fully saturated rings. The molecule has 2 aliphatic rings. The van der Waals surface area contributed by atoms with Gasteiger partial charge in [0, 0.05) is 0 Å². The Bertz CT molecular complexity index is 338. The van der Waals surface area contributed by atoms with E-state index < -0.39 is 11.4 Å². The van der Waals surface area contributed by atoms with Crippen molar-refractivity contribution in [1.82, 2.24) is 0 Å². The second kappa shape index (κ2) is 4.21. The predicted octanol–water partition coefficient (Wildman–Crippen LogP) is -0.713. The normalized spacial score (nSPS) is 44.2. The highest BCUT2D eigenvalue weighted by molar-refractivity contribution is 5.24. The van der Waals surface area contributed by atoms with Crippen molar-refractivity contribution in [3.05, 3.63) is 48.6 Å². The maximum Gasteiger partial charge on any atom is 0.152 e. The molecule has 0 bridgehead atoms. The zero-order valence-corrected chi connectivity index (χ0v) is 9.23. The van der Waals surface area contributed by atoms with Crippen LogP contribution >= 0.6 is 0 Å². The van der Waals surface area contributed by atoms with Gasteiger partial charge >= 0.3 is 0 Å². The van der Waals surface area contributed by atoms with Crippen LogP contribution in [0, 0.1) is 0 Å². The van der Waals surface area contributed by atoms with E-state index in [1.807, 2.05) is 0 Å². The van der Waals surface area contributed by atoms with Gasteiger partial charge in [-0.1, -0.05) is 24.3 Å². The van der Waals surface area contributed by atoms with Crippen molar-refractivity contribution in [2.75, 3.05) is 0 Å². The first-order chi connectivity index (χ1) is 7.86. The van der Waals surface area contributed by atoms with Gasteiger partial charge in [0.25, 0.3) is 0 Å². The standard InChI is InChI=1S/C12H16N2O3/c13-11(15)5-1-9(2-6-11)17-10-3-7-12(14,16)8-4-10/h1-10,15-16H,13-14H2. The van der Waals surface area contributed by atoms with Crippen molar-refractivity contribution in [2.45, 2.75) is 23.7 Å². The van der Waals surface area contributed by atoms with Crippen molar-refractivity contribution in [3.63, 3.8) is 0 Å². The third-order valence-electron chi connectivity index (χ3n) is 2.53. The smallest absolute Gasteiger partial charge is 0.152 e. The molecule has 0 amide bonds. The van der Waals surface area contributed by atoms with Crippen molar-refractivity contribution in [1.29, 1.82) is 0 Å². The lowest BCUT2D eigenvalue weighted by Gasteiger charge is -2.25. The minimum absolute atomic E-state index is 0.262. The SMILES string of the molecule is NC1(O)C=CC(OC2C=CC(N)(O)C=C2)C=C1. The molecular formula is C12H16N2O3. The average Bonchev–Trinajstić information content (AvgIpc) is 2.24. The van der Waals surface area contributed by atoms with Crippen molar-refractivity contribution in [3.8, 4) is 0 Å². The lowest BCUT2D eigenvalue weighted by Crippen LogP contribution is -2.39. The first kappa shape index (κ1) is 12.2. The first-order valence-corrected chi connectivity index (χ1v) is 5.32. The molecule has 0 unspecified atom stereocenters. The first-order valence-electron chi connectivity index (χ1n) is 5.32. The Morgan fingerprint density at radius 1 is 0.765 bits per heavy atom. The fraction of sp³-hybridized carbons (Fsp3) is 0.333. The van der Waals surface area contributed by atoms with Crippen molar-refractivity contribution >= 4 is 0 Å². The van der Waals surface area contributed by atoms with Crippen LogP contribution in [-0.2, 0) is 4.74 Å². The van der Waals surface area contributed by atoms with E-state index in [-0.39, 0.29) is 12.2 Å². The molecule has 6 N–H and O–H groups in total. The van der Waals surface area contributed by atoms with Gasteiger partial charge in [0.15, 0.2) is 11.4 Å². The molecule has 0 aromatic rings. The monoisotopic (exact) mass is 236 g/mol. The summed E-state index contributed by atoms with van der Waals surface area (Å²) in [5.74, 6) is 0. The predicted molar refractivity (Wildman–Crippen MR) is 63.5 cm³/mol. The molecule has 92 valence electrons. The minimum Gasteiger partial charge on any atom is -0.369 e. The molecule has 5 heteroatoms. The van der Waals surface area contributed by atoms with Gasteiger partial charge in [-0.15, -0.1) is 0 Å². The average molecular weight is 236 g/mol. The Kier molecular flexibility index (Phi) is 3.03. The highest BCUT2D eigenvalue weighted by atomic mass is 16.5. The molecule has 5 nitrogen and oxygen atoms in total. The number of hydrogen-bond acceptors (Lipinski definition) is 5. The Morgan fingerprint density at radius 2 is 1.06 bits per heavy atom. The number of rotatable bonds is 2. The van der Waals surface area contributed by atoms with Crippen LogP contribution in [0.15, 0.2) is 48.6 Å². The molecular weight excluding hydrogens is 220 g/mol. The Morgan fingerprint density at radius 3 is 1.35 bits per heavy atom. The molecule has 0 aromatic carbocycles. The molecule has 0 radical (unpaired) electrons. The van der Waals surface area contributed by atoms with Crippen LogP contribution < -0.4 is 11.5 Å². The van der Waals surface area contributed by atoms with Gasteiger partial charge in [0.05, 0.1) is 12.2 Å². The van der Waals surface area contributed by atoms with E-state index in [0.29, 0.717) is 0 Å². The summed E-state index contributed by atoms with van der Waals surface area (Å²) in [6, 6.07) is 0. The highest BCUT2D eigenvalue weighted by Gasteiger charge is 2.22. The van der Waals surface area contributed by atoms with E-state index in [2.05, 4.69) is 0 Å². The van der Waals surface area contributed by atoms with Crippen molar-refractivity contribution in [2.24, 2.45) is 11.5 Å². The lowest BCUT2D eigenvalue weighted by atomic mass is 10.0. The van der Waals surface area contributed by atoms with Crippen LogP contribution in [0.3, 0.4) is 0 Å². The van der Waals surface area contributed by atoms with Gasteiger partial charge in [0.1, 0.15) is 0 Å². The number of aliphatic hydroxyl groups is 2. The summed E-state index contributed by atoms with van der Waals surface area (Å²) < 4.78 is 5.64. The Labute approximate surface area is 99.4 Å². The van der Waals surface area contributed by atoms with E-state index in [9.17, 15) is 10.2 Å². The van der Waals surface area contributed by atoms with Crippen LogP contribution in [0.5, 0.6) is 0 Å². The fourth-order valence-corrected chi connectivity index (χ4v) is 1.60. The summed E-state index contributed by atoms with van der Waals surface area (Å²) in [6.07, 6.45) is 12.0. The van der Waals surface area contributed by atoms with E-state index in [1.165, 1.54) is 24.3 Å². The summed E-state index contributed by atoms with van der Waals surface area (Å²) in [5.41, 5.74) is 8.13. The Hall–Kier alpha value is -1.24. The maximum absolute atomic E-state index is 9.44. The summed E-state index contributed by atoms with van der Waals surface area (Å²) >= 11 is 0. The third kappa shape index (κ3) is 3.36. The van der Waals surface area contributed by atoms with Gasteiger partial charge < -0.3 is 14.9 Å². The van der Waals surface area contributed by atoms with Crippen molar-refractivity contribution < 1.29 is 14.9 Å². The van der Waals surface area contributed by atoms with E-state index in [0.717, 1.165) is 0 Å². The second-order valence-electron chi connectivity index (χ2n) is 4.28. The number of ether oxygens (including phenoxy) is 1. The largest absolute Gasteiger partial charge is 0.369 e. The molecule has 2 rings (SSSR count). The molecule has 0 heterocycles. The maximum atomic E-state index is 9.44. The molecule has 0 saturated carbocycles. The lowest BCUT2D eigenvalue weighted by molar-refractivity contribution is 0.0776. The van der Waals surface area contributed by atoms with Gasteiger partial charge in [0.2, 0.25) is 0 Å². The van der Waals surface area contributed by atoms with Crippen LogP contribution in [0.2, 0.25) is 0 Å². The molecule has 0 aromatic heterocycles. The van der Waals surface area contributed by atoms with Gasteiger partial charge in [-0.05, 0) is 24.3 Å². The quantitative estimate of drug-likeness (QED) is 0.374. The van der Waals surface area contributed by atoms with E-state index in [1.54, 1.807) is 24.3 Å². The molecule has 17 heavy (non-hydrogen) atoms. The highest BCUT2D eigenvalue weighted by Crippen LogP contribution is 2.17. The minimum atomic E-state index is -1.39. The van der Waals surface area contributed by atoms with Crippen LogP contribution in [0.4, 0.5) is 0 Å². The molecule has 0 atom stereocenters.